The molecule has 4 rings (SSSR count). The van der Waals surface area contributed by atoms with Crippen LogP contribution in [0.3, 0.4) is 0 Å². The van der Waals surface area contributed by atoms with Crippen LogP contribution in [-0.2, 0) is 17.8 Å². The Kier molecular flexibility index (Phi) is 9.21. The minimum atomic E-state index is -1.16. The van der Waals surface area contributed by atoms with Gasteiger partial charge in [-0.2, -0.15) is 0 Å². The lowest BCUT2D eigenvalue weighted by Gasteiger charge is -2.22. The van der Waals surface area contributed by atoms with Crippen molar-refractivity contribution in [1.29, 1.82) is 0 Å². The molecule has 0 saturated carbocycles. The molecule has 0 aliphatic carbocycles. The number of carbonyl (C=O) groups excluding carboxylic acids is 2. The van der Waals surface area contributed by atoms with Crippen LogP contribution in [0.2, 0.25) is 5.02 Å². The first-order chi connectivity index (χ1) is 19.7. The highest BCUT2D eigenvalue weighted by Crippen LogP contribution is 2.34. The average Bonchev–Trinajstić information content (AvgIpc) is 2.95. The van der Waals surface area contributed by atoms with Crippen molar-refractivity contribution in [2.24, 2.45) is 0 Å². The van der Waals surface area contributed by atoms with Crippen LogP contribution in [-0.4, -0.2) is 34.6 Å². The van der Waals surface area contributed by atoms with Crippen molar-refractivity contribution in [3.8, 4) is 16.9 Å². The summed E-state index contributed by atoms with van der Waals surface area (Å²) in [4.78, 5) is 50.5. The van der Waals surface area contributed by atoms with Gasteiger partial charge in [0.05, 0.1) is 13.3 Å². The molecule has 0 radical (unpaired) electrons. The largest absolute Gasteiger partial charge is 0.495 e. The van der Waals surface area contributed by atoms with Crippen molar-refractivity contribution in [2.75, 3.05) is 12.4 Å². The number of aromatic nitrogens is 1. The summed E-state index contributed by atoms with van der Waals surface area (Å²) >= 11 is 6.22. The van der Waals surface area contributed by atoms with Gasteiger partial charge < -0.3 is 20.5 Å². The Bertz CT molecular complexity index is 1650. The van der Waals surface area contributed by atoms with Crippen LogP contribution in [0, 0.1) is 0 Å². The Balaban J connectivity index is 1.76. The number of benzene rings is 3. The third-order valence-electron chi connectivity index (χ3n) is 6.46. The zero-order valence-electron chi connectivity index (χ0n) is 22.4. The highest BCUT2D eigenvalue weighted by atomic mass is 35.5. The number of hydrogen-bond acceptors (Lipinski definition) is 5. The molecule has 0 aliphatic heterocycles. The van der Waals surface area contributed by atoms with Crippen LogP contribution in [0.1, 0.15) is 34.5 Å². The summed E-state index contributed by atoms with van der Waals surface area (Å²) in [7, 11) is 1.44. The number of nitrogens with zero attached hydrogens (tertiary/aromatic N) is 1. The molecule has 4 aromatic rings. The van der Waals surface area contributed by atoms with Gasteiger partial charge in [0.15, 0.2) is 5.78 Å². The van der Waals surface area contributed by atoms with Crippen molar-refractivity contribution < 1.29 is 24.2 Å². The van der Waals surface area contributed by atoms with E-state index in [1.165, 1.54) is 30.9 Å². The van der Waals surface area contributed by atoms with Gasteiger partial charge >= 0.3 is 6.09 Å². The predicted octanol–water partition coefficient (Wildman–Crippen LogP) is 5.57. The van der Waals surface area contributed by atoms with E-state index in [4.69, 9.17) is 21.4 Å². The van der Waals surface area contributed by atoms with Gasteiger partial charge in [0, 0.05) is 40.9 Å². The molecule has 1 heterocycles. The average molecular weight is 574 g/mol. The molecule has 10 heteroatoms. The summed E-state index contributed by atoms with van der Waals surface area (Å²) in [6, 6.07) is 21.2. The number of rotatable bonds is 10. The number of carboxylic acid groups (broad SMARTS) is 1. The summed E-state index contributed by atoms with van der Waals surface area (Å²) < 4.78 is 6.93. The number of nitrogens with one attached hydrogen (secondary N) is 2. The second-order valence-electron chi connectivity index (χ2n) is 9.30. The second kappa shape index (κ2) is 13.0. The monoisotopic (exact) mass is 573 g/mol. The topological polar surface area (TPSA) is 127 Å². The summed E-state index contributed by atoms with van der Waals surface area (Å²) in [5.41, 5.74) is 2.64. The molecule has 0 fully saturated rings. The second-order valence-corrected chi connectivity index (χ2v) is 9.74. The van der Waals surface area contributed by atoms with Gasteiger partial charge in [-0.05, 0) is 53.9 Å². The van der Waals surface area contributed by atoms with Crippen LogP contribution in [0.5, 0.6) is 5.75 Å². The smallest absolute Gasteiger partial charge is 0.404 e. The van der Waals surface area contributed by atoms with Crippen LogP contribution in [0.25, 0.3) is 11.1 Å². The third kappa shape index (κ3) is 7.20. The maximum Gasteiger partial charge on any atom is 0.404 e. The molecule has 1 aromatic heterocycles. The van der Waals surface area contributed by atoms with Gasteiger partial charge in [-0.3, -0.25) is 19.0 Å². The number of Topliss-reactive ketones (excluding diaryl/α,β-unsaturated/α-hetero) is 1. The zero-order valence-corrected chi connectivity index (χ0v) is 23.1. The quantitative estimate of drug-likeness (QED) is 0.213. The standard InChI is InChI=1S/C31H28ClN3O6/c1-19(36)24-12-11-22(32)15-25(24)26-16-29(37)35(18-28(26)41-2)27(14-20-7-4-3-5-8-20)30(38)34-23-10-6-9-21(13-23)17-33-31(39)40/h3-13,15-16,18,27,33H,14,17H2,1-2H3,(H,34,38)(H,39,40). The van der Waals surface area contributed by atoms with Gasteiger partial charge in [-0.1, -0.05) is 54.1 Å². The van der Waals surface area contributed by atoms with E-state index < -0.39 is 23.6 Å². The van der Waals surface area contributed by atoms with Crippen molar-refractivity contribution in [3.05, 3.63) is 117 Å². The molecule has 0 bridgehead atoms. The zero-order chi connectivity index (χ0) is 29.5. The van der Waals surface area contributed by atoms with Crippen LogP contribution >= 0.6 is 11.6 Å². The molecule has 0 saturated heterocycles. The van der Waals surface area contributed by atoms with Crippen molar-refractivity contribution in [1.82, 2.24) is 9.88 Å². The number of halogens is 1. The van der Waals surface area contributed by atoms with Crippen molar-refractivity contribution >= 4 is 35.1 Å². The molecular weight excluding hydrogens is 546 g/mol. The molecule has 41 heavy (non-hydrogen) atoms. The minimum absolute atomic E-state index is 0.0658. The fourth-order valence-electron chi connectivity index (χ4n) is 4.51. The Morgan fingerprint density at radius 3 is 2.37 bits per heavy atom. The number of anilines is 1. The maximum absolute atomic E-state index is 13.7. The van der Waals surface area contributed by atoms with E-state index in [1.807, 2.05) is 30.3 Å². The Morgan fingerprint density at radius 1 is 0.951 bits per heavy atom. The fourth-order valence-corrected chi connectivity index (χ4v) is 4.68. The first-order valence-electron chi connectivity index (χ1n) is 12.7. The van der Waals surface area contributed by atoms with Gasteiger partial charge in [0.2, 0.25) is 5.91 Å². The molecule has 210 valence electrons. The first kappa shape index (κ1) is 29.1. The molecule has 2 amide bonds. The van der Waals surface area contributed by atoms with E-state index in [9.17, 15) is 19.2 Å². The van der Waals surface area contributed by atoms with Crippen LogP contribution in [0.15, 0.2) is 89.9 Å². The lowest BCUT2D eigenvalue weighted by molar-refractivity contribution is -0.119. The molecule has 0 aliphatic rings. The van der Waals surface area contributed by atoms with Gasteiger partial charge in [-0.25, -0.2) is 4.79 Å². The number of ether oxygens (including phenoxy) is 1. The van der Waals surface area contributed by atoms with Gasteiger partial charge in [0.25, 0.3) is 5.56 Å². The van der Waals surface area contributed by atoms with E-state index in [2.05, 4.69) is 10.6 Å². The highest BCUT2D eigenvalue weighted by molar-refractivity contribution is 6.31. The summed E-state index contributed by atoms with van der Waals surface area (Å²) in [6.07, 6.45) is 0.501. The summed E-state index contributed by atoms with van der Waals surface area (Å²) in [5, 5.41) is 14.4. The number of hydrogen-bond donors (Lipinski definition) is 3. The summed E-state index contributed by atoms with van der Waals surface area (Å²) in [5.74, 6) is -0.381. The van der Waals surface area contributed by atoms with Gasteiger partial charge in [0.1, 0.15) is 11.8 Å². The SMILES string of the molecule is COc1cn(C(Cc2ccccc2)C(=O)Nc2cccc(CNC(=O)O)c2)c(=O)cc1-c1cc(Cl)ccc1C(C)=O. The lowest BCUT2D eigenvalue weighted by Crippen LogP contribution is -2.34. The molecule has 3 aromatic carbocycles. The fraction of sp³-hybridized carbons (Fsp3) is 0.161. The number of ketones is 1. The van der Waals surface area contributed by atoms with E-state index in [1.54, 1.807) is 42.5 Å². The maximum atomic E-state index is 13.7. The minimum Gasteiger partial charge on any atom is -0.495 e. The van der Waals surface area contributed by atoms with Crippen molar-refractivity contribution in [2.45, 2.75) is 25.9 Å². The van der Waals surface area contributed by atoms with Gasteiger partial charge in [-0.15, -0.1) is 0 Å². The normalized spacial score (nSPS) is 11.4. The molecule has 9 nitrogen and oxygen atoms in total. The molecule has 1 unspecified atom stereocenters. The van der Waals surface area contributed by atoms with E-state index in [0.717, 1.165) is 5.56 Å². The number of methoxy groups -OCH3 is 1. The van der Waals surface area contributed by atoms with Crippen molar-refractivity contribution in [3.63, 3.8) is 0 Å². The van der Waals surface area contributed by atoms with E-state index >= 15 is 0 Å². The number of amides is 2. The first-order valence-corrected chi connectivity index (χ1v) is 13.1. The predicted molar refractivity (Wildman–Crippen MR) is 157 cm³/mol. The van der Waals surface area contributed by atoms with E-state index in [-0.39, 0.29) is 24.5 Å². The third-order valence-corrected chi connectivity index (χ3v) is 6.70. The van der Waals surface area contributed by atoms with Crippen LogP contribution < -0.4 is 20.9 Å². The number of carbonyl (C=O) groups is 3. The molecule has 0 spiro atoms. The van der Waals surface area contributed by atoms with Crippen LogP contribution in [0.4, 0.5) is 10.5 Å². The lowest BCUT2D eigenvalue weighted by atomic mass is 9.97. The number of pyridine rings is 1. The Labute approximate surface area is 241 Å². The Morgan fingerprint density at radius 2 is 1.68 bits per heavy atom. The molecular formula is C31H28ClN3O6. The summed E-state index contributed by atoms with van der Waals surface area (Å²) in [6.45, 7) is 1.49. The molecule has 3 N–H and O–H groups in total. The Hall–Kier alpha value is -4.89. The molecule has 1 atom stereocenters. The van der Waals surface area contributed by atoms with E-state index in [0.29, 0.717) is 33.0 Å². The highest BCUT2D eigenvalue weighted by Gasteiger charge is 2.25.